The van der Waals surface area contributed by atoms with E-state index in [1.807, 2.05) is 13.8 Å². The Bertz CT molecular complexity index is 268. The molecule has 0 radical (unpaired) electrons. The molecular weight excluding hydrogens is 246 g/mol. The van der Waals surface area contributed by atoms with Gasteiger partial charge in [-0.15, -0.1) is 0 Å². The van der Waals surface area contributed by atoms with Crippen LogP contribution in [0.3, 0.4) is 0 Å². The highest BCUT2D eigenvalue weighted by Gasteiger charge is 2.20. The number of nitrogens with zero attached hydrogens (tertiary/aromatic N) is 1. The van der Waals surface area contributed by atoms with Gasteiger partial charge < -0.3 is 14.4 Å². The number of carbonyl (C=O) groups excluding carboxylic acids is 2. The van der Waals surface area contributed by atoms with E-state index in [4.69, 9.17) is 9.47 Å². The van der Waals surface area contributed by atoms with E-state index in [0.29, 0.717) is 32.7 Å². The number of ether oxygens (including phenoxy) is 2. The minimum Gasteiger partial charge on any atom is -0.469 e. The minimum absolute atomic E-state index is 0.0924. The van der Waals surface area contributed by atoms with E-state index in [2.05, 4.69) is 0 Å². The second-order valence-electron chi connectivity index (χ2n) is 4.56. The Labute approximate surface area is 116 Å². The summed E-state index contributed by atoms with van der Waals surface area (Å²) in [5.74, 6) is -0.480. The SMILES string of the molecule is CCCC(=O)N(CCCOCC)CC(C)C(=O)OC. The van der Waals surface area contributed by atoms with Gasteiger partial charge in [-0.3, -0.25) is 9.59 Å². The van der Waals surface area contributed by atoms with Crippen molar-refractivity contribution >= 4 is 11.9 Å². The van der Waals surface area contributed by atoms with Crippen LogP contribution in [0.5, 0.6) is 0 Å². The molecule has 0 heterocycles. The maximum absolute atomic E-state index is 12.0. The molecule has 1 amide bonds. The van der Waals surface area contributed by atoms with Gasteiger partial charge in [-0.1, -0.05) is 13.8 Å². The highest BCUT2D eigenvalue weighted by atomic mass is 16.5. The van der Waals surface area contributed by atoms with Gasteiger partial charge in [0.15, 0.2) is 0 Å². The summed E-state index contributed by atoms with van der Waals surface area (Å²) in [6, 6.07) is 0. The van der Waals surface area contributed by atoms with Crippen molar-refractivity contribution in [2.75, 3.05) is 33.4 Å². The topological polar surface area (TPSA) is 55.8 Å². The number of carbonyl (C=O) groups is 2. The van der Waals surface area contributed by atoms with Crippen molar-refractivity contribution in [2.45, 2.75) is 40.0 Å². The van der Waals surface area contributed by atoms with Crippen LogP contribution in [0.15, 0.2) is 0 Å². The molecule has 0 aromatic heterocycles. The summed E-state index contributed by atoms with van der Waals surface area (Å²) in [7, 11) is 1.37. The van der Waals surface area contributed by atoms with Gasteiger partial charge in [0.05, 0.1) is 13.0 Å². The first-order valence-corrected chi connectivity index (χ1v) is 7.00. The summed E-state index contributed by atoms with van der Waals surface area (Å²) in [5.41, 5.74) is 0. The van der Waals surface area contributed by atoms with Crippen LogP contribution in [-0.4, -0.2) is 50.2 Å². The molecule has 0 spiro atoms. The summed E-state index contributed by atoms with van der Waals surface area (Å²) >= 11 is 0. The highest BCUT2D eigenvalue weighted by molar-refractivity contribution is 5.77. The molecule has 112 valence electrons. The average molecular weight is 273 g/mol. The molecule has 0 aliphatic carbocycles. The van der Waals surface area contributed by atoms with Gasteiger partial charge in [0, 0.05) is 32.7 Å². The summed E-state index contributed by atoms with van der Waals surface area (Å²) in [6.45, 7) is 8.05. The number of hydrogen-bond donors (Lipinski definition) is 0. The van der Waals surface area contributed by atoms with Crippen LogP contribution in [0.25, 0.3) is 0 Å². The van der Waals surface area contributed by atoms with E-state index in [1.165, 1.54) is 7.11 Å². The van der Waals surface area contributed by atoms with Crippen LogP contribution >= 0.6 is 0 Å². The van der Waals surface area contributed by atoms with Crippen molar-refractivity contribution in [2.24, 2.45) is 5.92 Å². The maximum Gasteiger partial charge on any atom is 0.310 e. The third-order valence-corrected chi connectivity index (χ3v) is 2.84. The van der Waals surface area contributed by atoms with E-state index in [-0.39, 0.29) is 17.8 Å². The third kappa shape index (κ3) is 7.82. The fourth-order valence-electron chi connectivity index (χ4n) is 1.80. The molecule has 0 rings (SSSR count). The van der Waals surface area contributed by atoms with Gasteiger partial charge in [0.1, 0.15) is 0 Å². The Balaban J connectivity index is 4.32. The number of amides is 1. The first-order chi connectivity index (χ1) is 9.06. The molecule has 0 aromatic carbocycles. The van der Waals surface area contributed by atoms with Crippen molar-refractivity contribution < 1.29 is 19.1 Å². The Kier molecular flexibility index (Phi) is 10.2. The van der Waals surface area contributed by atoms with E-state index in [9.17, 15) is 9.59 Å². The first-order valence-electron chi connectivity index (χ1n) is 7.00. The lowest BCUT2D eigenvalue weighted by atomic mass is 10.1. The third-order valence-electron chi connectivity index (χ3n) is 2.84. The van der Waals surface area contributed by atoms with Gasteiger partial charge in [-0.05, 0) is 19.8 Å². The van der Waals surface area contributed by atoms with Crippen molar-refractivity contribution in [1.29, 1.82) is 0 Å². The lowest BCUT2D eigenvalue weighted by Gasteiger charge is -2.25. The summed E-state index contributed by atoms with van der Waals surface area (Å²) in [4.78, 5) is 25.1. The average Bonchev–Trinajstić information content (AvgIpc) is 2.41. The number of rotatable bonds is 10. The molecule has 0 N–H and O–H groups in total. The fraction of sp³-hybridized carbons (Fsp3) is 0.857. The van der Waals surface area contributed by atoms with Crippen LogP contribution < -0.4 is 0 Å². The van der Waals surface area contributed by atoms with E-state index in [1.54, 1.807) is 11.8 Å². The Morgan fingerprint density at radius 3 is 2.47 bits per heavy atom. The number of methoxy groups -OCH3 is 1. The van der Waals surface area contributed by atoms with Crippen LogP contribution in [-0.2, 0) is 19.1 Å². The second-order valence-corrected chi connectivity index (χ2v) is 4.56. The van der Waals surface area contributed by atoms with Crippen molar-refractivity contribution in [1.82, 2.24) is 4.90 Å². The second kappa shape index (κ2) is 10.8. The van der Waals surface area contributed by atoms with Crippen LogP contribution in [0.2, 0.25) is 0 Å². The molecule has 1 atom stereocenters. The highest BCUT2D eigenvalue weighted by Crippen LogP contribution is 2.06. The molecule has 5 heteroatoms. The lowest BCUT2D eigenvalue weighted by molar-refractivity contribution is -0.146. The summed E-state index contributed by atoms with van der Waals surface area (Å²) in [6.07, 6.45) is 2.12. The molecule has 0 saturated heterocycles. The summed E-state index contributed by atoms with van der Waals surface area (Å²) < 4.78 is 9.96. The Morgan fingerprint density at radius 1 is 1.26 bits per heavy atom. The number of esters is 1. The van der Waals surface area contributed by atoms with Gasteiger partial charge in [-0.2, -0.15) is 0 Å². The van der Waals surface area contributed by atoms with E-state index >= 15 is 0 Å². The molecule has 0 aromatic rings. The van der Waals surface area contributed by atoms with E-state index in [0.717, 1.165) is 12.8 Å². The molecule has 0 aliphatic heterocycles. The predicted octanol–water partition coefficient (Wildman–Crippen LogP) is 1.85. The minimum atomic E-state index is -0.294. The molecular formula is C14H27NO4. The summed E-state index contributed by atoms with van der Waals surface area (Å²) in [5, 5.41) is 0. The zero-order valence-corrected chi connectivity index (χ0v) is 12.6. The Hall–Kier alpha value is -1.10. The van der Waals surface area contributed by atoms with Gasteiger partial charge >= 0.3 is 5.97 Å². The largest absolute Gasteiger partial charge is 0.469 e. The first kappa shape index (κ1) is 17.9. The van der Waals surface area contributed by atoms with Crippen molar-refractivity contribution in [3.05, 3.63) is 0 Å². The lowest BCUT2D eigenvalue weighted by Crippen LogP contribution is -2.38. The van der Waals surface area contributed by atoms with Crippen LogP contribution in [0.1, 0.15) is 40.0 Å². The van der Waals surface area contributed by atoms with Crippen LogP contribution in [0, 0.1) is 5.92 Å². The zero-order valence-electron chi connectivity index (χ0n) is 12.6. The quantitative estimate of drug-likeness (QED) is 0.450. The molecule has 1 unspecified atom stereocenters. The Morgan fingerprint density at radius 2 is 1.95 bits per heavy atom. The van der Waals surface area contributed by atoms with Gasteiger partial charge in [-0.25, -0.2) is 0 Å². The van der Waals surface area contributed by atoms with Gasteiger partial charge in [0.25, 0.3) is 0 Å². The molecule has 0 fully saturated rings. The smallest absolute Gasteiger partial charge is 0.310 e. The maximum atomic E-state index is 12.0. The van der Waals surface area contributed by atoms with Crippen molar-refractivity contribution in [3.63, 3.8) is 0 Å². The standard InChI is InChI=1S/C14H27NO4/c1-5-8-13(16)15(9-7-10-19-6-2)11-12(3)14(17)18-4/h12H,5-11H2,1-4H3. The van der Waals surface area contributed by atoms with Crippen molar-refractivity contribution in [3.8, 4) is 0 Å². The normalized spacial score (nSPS) is 12.0. The zero-order chi connectivity index (χ0) is 14.7. The fourth-order valence-corrected chi connectivity index (χ4v) is 1.80. The molecule has 19 heavy (non-hydrogen) atoms. The molecule has 0 aliphatic rings. The predicted molar refractivity (Wildman–Crippen MR) is 73.8 cm³/mol. The van der Waals surface area contributed by atoms with E-state index < -0.39 is 0 Å². The van der Waals surface area contributed by atoms with Gasteiger partial charge in [0.2, 0.25) is 5.91 Å². The monoisotopic (exact) mass is 273 g/mol. The van der Waals surface area contributed by atoms with Crippen LogP contribution in [0.4, 0.5) is 0 Å². The molecule has 5 nitrogen and oxygen atoms in total. The molecule has 0 saturated carbocycles. The molecule has 0 bridgehead atoms. The number of hydrogen-bond acceptors (Lipinski definition) is 4.